The fourth-order valence-electron chi connectivity index (χ4n) is 4.93. The van der Waals surface area contributed by atoms with E-state index < -0.39 is 61.2 Å². The molecule has 2 aliphatic heterocycles. The quantitative estimate of drug-likeness (QED) is 0.267. The van der Waals surface area contributed by atoms with Crippen molar-refractivity contribution in [3.63, 3.8) is 0 Å². The molecule has 2 aliphatic rings. The second kappa shape index (κ2) is 16.1. The van der Waals surface area contributed by atoms with Crippen molar-refractivity contribution in [2.24, 2.45) is 0 Å². The van der Waals surface area contributed by atoms with Crippen molar-refractivity contribution >= 4 is 29.8 Å². The standard InChI is InChI=1S/C29H40N2O12/c1-17(32)38-16-24-25(39-18(2)33)26(40-19(3)34)27(41-20(4)35)29(43-24)42-22-10-9-21(15-23(22)37-5)28(36)30-11-14-31-12-7-6-8-13-31/h9-10,15,24-27,29H,6-8,11-14,16H2,1-5H3,(H,30,36). The van der Waals surface area contributed by atoms with E-state index >= 15 is 0 Å². The highest BCUT2D eigenvalue weighted by atomic mass is 16.7. The summed E-state index contributed by atoms with van der Waals surface area (Å²) in [7, 11) is 1.38. The first-order valence-electron chi connectivity index (χ1n) is 14.1. The van der Waals surface area contributed by atoms with E-state index in [1.807, 2.05) is 0 Å². The summed E-state index contributed by atoms with van der Waals surface area (Å²) in [5, 5.41) is 2.91. The minimum Gasteiger partial charge on any atom is -0.493 e. The average molecular weight is 609 g/mol. The van der Waals surface area contributed by atoms with Crippen LogP contribution >= 0.6 is 0 Å². The summed E-state index contributed by atoms with van der Waals surface area (Å²) >= 11 is 0. The topological polar surface area (TPSA) is 165 Å². The zero-order valence-electron chi connectivity index (χ0n) is 25.1. The van der Waals surface area contributed by atoms with Gasteiger partial charge in [0.25, 0.3) is 5.91 Å². The fourth-order valence-corrected chi connectivity index (χ4v) is 4.93. The first-order valence-corrected chi connectivity index (χ1v) is 14.1. The molecule has 3 rings (SSSR count). The number of hydrogen-bond acceptors (Lipinski definition) is 13. The maximum atomic E-state index is 12.8. The van der Waals surface area contributed by atoms with Crippen LogP contribution in [0.1, 0.15) is 57.3 Å². The summed E-state index contributed by atoms with van der Waals surface area (Å²) in [6.45, 7) is 7.47. The smallest absolute Gasteiger partial charge is 0.303 e. The van der Waals surface area contributed by atoms with E-state index in [4.69, 9.17) is 33.2 Å². The number of benzene rings is 1. The van der Waals surface area contributed by atoms with Crippen molar-refractivity contribution < 1.29 is 57.1 Å². The van der Waals surface area contributed by atoms with Crippen LogP contribution in [0.2, 0.25) is 0 Å². The molecule has 1 amide bonds. The van der Waals surface area contributed by atoms with Crippen LogP contribution in [0.4, 0.5) is 0 Å². The van der Waals surface area contributed by atoms with Gasteiger partial charge >= 0.3 is 23.9 Å². The minimum absolute atomic E-state index is 0.105. The summed E-state index contributed by atoms with van der Waals surface area (Å²) in [5.74, 6) is -2.94. The molecule has 0 radical (unpaired) electrons. The van der Waals surface area contributed by atoms with Gasteiger partial charge in [-0.25, -0.2) is 0 Å². The number of piperidine rings is 1. The number of hydrogen-bond donors (Lipinski definition) is 1. The summed E-state index contributed by atoms with van der Waals surface area (Å²) in [6, 6.07) is 4.49. The van der Waals surface area contributed by atoms with Crippen LogP contribution in [0.15, 0.2) is 18.2 Å². The number of esters is 4. The third-order valence-corrected chi connectivity index (χ3v) is 6.78. The lowest BCUT2D eigenvalue weighted by Gasteiger charge is -2.44. The molecule has 14 heteroatoms. The fraction of sp³-hybridized carbons (Fsp3) is 0.621. The minimum atomic E-state index is -1.45. The van der Waals surface area contributed by atoms with Gasteiger partial charge in [-0.3, -0.25) is 24.0 Å². The molecule has 43 heavy (non-hydrogen) atoms. The van der Waals surface area contributed by atoms with E-state index in [9.17, 15) is 24.0 Å². The second-order valence-electron chi connectivity index (χ2n) is 10.2. The molecule has 0 saturated carbocycles. The Balaban J connectivity index is 1.84. The molecule has 0 aromatic heterocycles. The molecule has 2 saturated heterocycles. The van der Waals surface area contributed by atoms with Crippen molar-refractivity contribution in [2.75, 3.05) is 39.9 Å². The van der Waals surface area contributed by atoms with E-state index in [0.29, 0.717) is 12.1 Å². The Morgan fingerprint density at radius 1 is 0.837 bits per heavy atom. The Bertz CT molecular complexity index is 1150. The van der Waals surface area contributed by atoms with E-state index in [-0.39, 0.29) is 17.4 Å². The zero-order chi connectivity index (χ0) is 31.5. The van der Waals surface area contributed by atoms with Crippen LogP contribution in [0, 0.1) is 0 Å². The first kappa shape index (κ1) is 33.6. The second-order valence-corrected chi connectivity index (χ2v) is 10.2. The lowest BCUT2D eigenvalue weighted by Crippen LogP contribution is -2.63. The van der Waals surface area contributed by atoms with Gasteiger partial charge in [0.1, 0.15) is 12.7 Å². The Labute approximate surface area is 250 Å². The van der Waals surface area contributed by atoms with E-state index in [1.165, 1.54) is 38.7 Å². The van der Waals surface area contributed by atoms with Gasteiger partial charge in [0.05, 0.1) is 7.11 Å². The van der Waals surface area contributed by atoms with Gasteiger partial charge in [0, 0.05) is 46.3 Å². The number of carbonyl (C=O) groups is 5. The molecule has 1 aromatic rings. The third kappa shape index (κ3) is 10.1. The van der Waals surface area contributed by atoms with Crippen molar-refractivity contribution in [1.29, 1.82) is 0 Å². The Morgan fingerprint density at radius 3 is 2.07 bits per heavy atom. The number of rotatable bonds is 12. The largest absolute Gasteiger partial charge is 0.493 e. The Hall–Kier alpha value is -3.91. The van der Waals surface area contributed by atoms with Gasteiger partial charge in [0.2, 0.25) is 12.4 Å². The number of methoxy groups -OCH3 is 1. The first-order chi connectivity index (χ1) is 20.5. The number of likely N-dealkylation sites (tertiary alicyclic amines) is 1. The predicted molar refractivity (Wildman–Crippen MR) is 148 cm³/mol. The van der Waals surface area contributed by atoms with E-state index in [1.54, 1.807) is 0 Å². The number of amides is 1. The maximum Gasteiger partial charge on any atom is 0.303 e. The van der Waals surface area contributed by atoms with Crippen LogP contribution in [0.3, 0.4) is 0 Å². The summed E-state index contributed by atoms with van der Waals surface area (Å²) in [4.78, 5) is 62.7. The van der Waals surface area contributed by atoms with Gasteiger partial charge in [0.15, 0.2) is 23.7 Å². The SMILES string of the molecule is COc1cc(C(=O)NCCN2CCCCC2)ccc1OC1OC(COC(C)=O)C(OC(C)=O)C(OC(C)=O)C1OC(C)=O. The van der Waals surface area contributed by atoms with Crippen LogP contribution in [-0.4, -0.2) is 105 Å². The molecule has 0 bridgehead atoms. The molecule has 2 fully saturated rings. The highest BCUT2D eigenvalue weighted by Crippen LogP contribution is 2.35. The van der Waals surface area contributed by atoms with Crippen LogP contribution < -0.4 is 14.8 Å². The van der Waals surface area contributed by atoms with Crippen molar-refractivity contribution in [3.05, 3.63) is 23.8 Å². The average Bonchev–Trinajstić information content (AvgIpc) is 2.95. The van der Waals surface area contributed by atoms with Gasteiger partial charge in [-0.15, -0.1) is 0 Å². The predicted octanol–water partition coefficient (Wildman–Crippen LogP) is 1.37. The van der Waals surface area contributed by atoms with Crippen LogP contribution in [0.5, 0.6) is 11.5 Å². The molecule has 5 atom stereocenters. The molecule has 0 spiro atoms. The van der Waals surface area contributed by atoms with Crippen LogP contribution in [0.25, 0.3) is 0 Å². The van der Waals surface area contributed by atoms with Crippen molar-refractivity contribution in [2.45, 2.75) is 77.7 Å². The molecular formula is C29H40N2O12. The lowest BCUT2D eigenvalue weighted by atomic mass is 9.98. The highest BCUT2D eigenvalue weighted by molar-refractivity contribution is 5.94. The molecule has 238 valence electrons. The lowest BCUT2D eigenvalue weighted by molar-refractivity contribution is -0.288. The molecule has 0 aliphatic carbocycles. The number of carbonyl (C=O) groups excluding carboxylic acids is 5. The monoisotopic (exact) mass is 608 g/mol. The third-order valence-electron chi connectivity index (χ3n) is 6.78. The highest BCUT2D eigenvalue weighted by Gasteiger charge is 2.53. The zero-order valence-corrected chi connectivity index (χ0v) is 25.1. The normalized spacial score (nSPS) is 23.8. The molecule has 1 N–H and O–H groups in total. The van der Waals surface area contributed by atoms with E-state index in [2.05, 4.69) is 10.2 Å². The van der Waals surface area contributed by atoms with Gasteiger partial charge < -0.3 is 43.4 Å². The van der Waals surface area contributed by atoms with Gasteiger partial charge in [-0.2, -0.15) is 0 Å². The Morgan fingerprint density at radius 2 is 1.47 bits per heavy atom. The molecule has 14 nitrogen and oxygen atoms in total. The number of ether oxygens (including phenoxy) is 7. The number of nitrogens with one attached hydrogen (secondary N) is 1. The Kier molecular flexibility index (Phi) is 12.6. The van der Waals surface area contributed by atoms with Crippen molar-refractivity contribution in [3.8, 4) is 11.5 Å². The van der Waals surface area contributed by atoms with Gasteiger partial charge in [-0.05, 0) is 44.1 Å². The van der Waals surface area contributed by atoms with Gasteiger partial charge in [-0.1, -0.05) is 6.42 Å². The molecule has 1 aromatic carbocycles. The maximum absolute atomic E-state index is 12.8. The molecule has 5 unspecified atom stereocenters. The summed E-state index contributed by atoms with van der Waals surface area (Å²) in [5.41, 5.74) is 0.324. The number of nitrogens with zero attached hydrogens (tertiary/aromatic N) is 1. The van der Waals surface area contributed by atoms with Crippen LogP contribution in [-0.2, 0) is 42.9 Å². The molecule has 2 heterocycles. The summed E-state index contributed by atoms with van der Waals surface area (Å²) < 4.78 is 38.8. The molecular weight excluding hydrogens is 568 g/mol. The van der Waals surface area contributed by atoms with Crippen molar-refractivity contribution in [1.82, 2.24) is 10.2 Å². The van der Waals surface area contributed by atoms with E-state index in [0.717, 1.165) is 53.2 Å². The summed E-state index contributed by atoms with van der Waals surface area (Å²) in [6.07, 6.45) is -3.19.